The first kappa shape index (κ1) is 19.1. The molecule has 2 N–H and O–H groups in total. The summed E-state index contributed by atoms with van der Waals surface area (Å²) in [6, 6.07) is 8.73. The van der Waals surface area contributed by atoms with E-state index < -0.39 is 28.5 Å². The molecule has 4 rings (SSSR count). The first-order chi connectivity index (χ1) is 14.4. The van der Waals surface area contributed by atoms with Crippen molar-refractivity contribution in [3.63, 3.8) is 0 Å². The Kier molecular flexibility index (Phi) is 4.85. The first-order valence-corrected chi connectivity index (χ1v) is 8.87. The molecule has 1 aromatic carbocycles. The second-order valence-corrected chi connectivity index (χ2v) is 6.53. The molecule has 0 aliphatic heterocycles. The van der Waals surface area contributed by atoms with Crippen LogP contribution in [0.2, 0.25) is 0 Å². The van der Waals surface area contributed by atoms with E-state index in [2.05, 4.69) is 10.3 Å². The summed E-state index contributed by atoms with van der Waals surface area (Å²) in [4.78, 5) is 41.5. The highest BCUT2D eigenvalue weighted by Gasteiger charge is 2.17. The number of nitrogens with zero attached hydrogens (tertiary/aromatic N) is 3. The summed E-state index contributed by atoms with van der Waals surface area (Å²) in [6.07, 6.45) is 7.04. The van der Waals surface area contributed by atoms with Crippen LogP contribution in [0, 0.1) is 5.82 Å². The monoisotopic (exact) mass is 406 g/mol. The molecule has 0 aliphatic rings. The average Bonchev–Trinajstić information content (AvgIpc) is 2.75. The van der Waals surface area contributed by atoms with E-state index in [1.54, 1.807) is 6.07 Å². The molecule has 0 aliphatic carbocycles. The predicted molar refractivity (Wildman–Crippen MR) is 107 cm³/mol. The van der Waals surface area contributed by atoms with Crippen LogP contribution in [0.5, 0.6) is 5.75 Å². The number of aromatic nitrogens is 3. The molecule has 1 amide bonds. The molecule has 0 unspecified atom stereocenters. The van der Waals surface area contributed by atoms with Crippen molar-refractivity contribution >= 4 is 17.1 Å². The molecule has 0 saturated carbocycles. The Balaban J connectivity index is 1.72. The van der Waals surface area contributed by atoms with Crippen LogP contribution in [-0.4, -0.2) is 25.0 Å². The number of carbonyl (C=O) groups excluding carboxylic acids is 1. The molecule has 9 heteroatoms. The Morgan fingerprint density at radius 1 is 1.13 bits per heavy atom. The van der Waals surface area contributed by atoms with E-state index >= 15 is 0 Å². The van der Waals surface area contributed by atoms with E-state index in [-0.39, 0.29) is 23.3 Å². The Bertz CT molecular complexity index is 1360. The molecule has 0 spiro atoms. The highest BCUT2D eigenvalue weighted by Crippen LogP contribution is 2.15. The number of halogens is 1. The van der Waals surface area contributed by atoms with Gasteiger partial charge in [-0.15, -0.1) is 0 Å². The number of rotatable bonds is 4. The van der Waals surface area contributed by atoms with E-state index in [1.807, 2.05) is 0 Å². The summed E-state index contributed by atoms with van der Waals surface area (Å²) >= 11 is 0. The number of nitrogens with one attached hydrogen (secondary N) is 1. The number of anilines is 1. The topological polar surface area (TPSA) is 106 Å². The van der Waals surface area contributed by atoms with Crippen molar-refractivity contribution in [2.24, 2.45) is 0 Å². The molecular formula is C21H15FN4O4. The lowest BCUT2D eigenvalue weighted by Gasteiger charge is -2.11. The zero-order valence-electron chi connectivity index (χ0n) is 15.4. The second-order valence-electron chi connectivity index (χ2n) is 6.53. The van der Waals surface area contributed by atoms with Gasteiger partial charge in [0.05, 0.1) is 12.1 Å². The third-order valence-electron chi connectivity index (χ3n) is 4.52. The maximum Gasteiger partial charge on any atom is 0.279 e. The van der Waals surface area contributed by atoms with E-state index in [4.69, 9.17) is 0 Å². The van der Waals surface area contributed by atoms with Gasteiger partial charge in [-0.1, -0.05) is 12.1 Å². The normalized spacial score (nSPS) is 10.8. The number of fused-ring (bicyclic) bond motifs is 1. The molecule has 0 radical (unpaired) electrons. The van der Waals surface area contributed by atoms with Crippen LogP contribution in [0.1, 0.15) is 15.9 Å². The highest BCUT2D eigenvalue weighted by atomic mass is 19.1. The van der Waals surface area contributed by atoms with Gasteiger partial charge in [-0.2, -0.15) is 0 Å². The van der Waals surface area contributed by atoms with Crippen molar-refractivity contribution in [3.8, 4) is 5.75 Å². The van der Waals surface area contributed by atoms with E-state index in [1.165, 1.54) is 70.3 Å². The van der Waals surface area contributed by atoms with Gasteiger partial charge in [-0.25, -0.2) is 4.39 Å². The molecule has 0 bridgehead atoms. The van der Waals surface area contributed by atoms with Crippen LogP contribution < -0.4 is 16.3 Å². The lowest BCUT2D eigenvalue weighted by Crippen LogP contribution is -2.26. The predicted octanol–water partition coefficient (Wildman–Crippen LogP) is 2.00. The van der Waals surface area contributed by atoms with Crippen molar-refractivity contribution < 1.29 is 14.3 Å². The first-order valence-electron chi connectivity index (χ1n) is 8.87. The highest BCUT2D eigenvalue weighted by molar-refractivity contribution is 6.04. The quantitative estimate of drug-likeness (QED) is 0.539. The summed E-state index contributed by atoms with van der Waals surface area (Å²) < 4.78 is 15.6. The number of amides is 1. The molecule has 30 heavy (non-hydrogen) atoms. The lowest BCUT2D eigenvalue weighted by atomic mass is 10.2. The summed E-state index contributed by atoms with van der Waals surface area (Å²) in [5.74, 6) is -1.75. The minimum absolute atomic E-state index is 0.128. The van der Waals surface area contributed by atoms with E-state index in [0.29, 0.717) is 5.56 Å². The van der Waals surface area contributed by atoms with Gasteiger partial charge in [-0.05, 0) is 29.8 Å². The van der Waals surface area contributed by atoms with Crippen LogP contribution in [0.25, 0.3) is 5.52 Å². The van der Waals surface area contributed by atoms with E-state index in [9.17, 15) is 23.9 Å². The molecule has 8 nitrogen and oxygen atoms in total. The third-order valence-corrected chi connectivity index (χ3v) is 4.52. The molecule has 150 valence electrons. The molecule has 0 fully saturated rings. The Hall–Kier alpha value is -4.27. The summed E-state index contributed by atoms with van der Waals surface area (Å²) in [5, 5.41) is 12.8. The number of pyridine rings is 2. The maximum absolute atomic E-state index is 13.1. The molecule has 3 heterocycles. The summed E-state index contributed by atoms with van der Waals surface area (Å²) in [6.45, 7) is 0.128. The third kappa shape index (κ3) is 3.55. The van der Waals surface area contributed by atoms with Gasteiger partial charge in [0.1, 0.15) is 11.5 Å². The zero-order chi connectivity index (χ0) is 21.3. The van der Waals surface area contributed by atoms with Crippen LogP contribution >= 0.6 is 0 Å². The Labute approximate surface area is 168 Å². The number of hydrogen-bond donors (Lipinski definition) is 2. The van der Waals surface area contributed by atoms with Gasteiger partial charge in [0.15, 0.2) is 11.3 Å². The van der Waals surface area contributed by atoms with Crippen molar-refractivity contribution in [1.82, 2.24) is 14.0 Å². The van der Waals surface area contributed by atoms with Crippen molar-refractivity contribution in [2.45, 2.75) is 6.54 Å². The lowest BCUT2D eigenvalue weighted by molar-refractivity contribution is 0.102. The van der Waals surface area contributed by atoms with Crippen LogP contribution in [0.15, 0.2) is 77.0 Å². The smallest absolute Gasteiger partial charge is 0.279 e. The molecule has 0 atom stereocenters. The van der Waals surface area contributed by atoms with Gasteiger partial charge in [0.25, 0.3) is 11.5 Å². The molecule has 4 aromatic rings. The van der Waals surface area contributed by atoms with Crippen LogP contribution in [0.4, 0.5) is 10.1 Å². The SMILES string of the molecule is O=C(Nc1cn2ccn(Cc3ccc(F)cc3)c(=O)c2c(O)c1=O)c1cccnc1. The number of carbonyl (C=O) groups is 1. The van der Waals surface area contributed by atoms with Crippen molar-refractivity contribution in [1.29, 1.82) is 0 Å². The number of benzene rings is 1. The van der Waals surface area contributed by atoms with Gasteiger partial charge >= 0.3 is 0 Å². The Morgan fingerprint density at radius 3 is 2.60 bits per heavy atom. The molecule has 3 aromatic heterocycles. The van der Waals surface area contributed by atoms with Gasteiger partial charge in [0, 0.05) is 31.0 Å². The second kappa shape index (κ2) is 7.63. The number of aromatic hydroxyl groups is 1. The maximum atomic E-state index is 13.1. The molecular weight excluding hydrogens is 391 g/mol. The fourth-order valence-corrected chi connectivity index (χ4v) is 3.00. The Morgan fingerprint density at radius 2 is 1.90 bits per heavy atom. The van der Waals surface area contributed by atoms with Crippen LogP contribution in [0.3, 0.4) is 0 Å². The van der Waals surface area contributed by atoms with Gasteiger partial charge in [-0.3, -0.25) is 19.4 Å². The summed E-state index contributed by atoms with van der Waals surface area (Å²) in [5.41, 5.74) is -1.01. The van der Waals surface area contributed by atoms with E-state index in [0.717, 1.165) is 0 Å². The van der Waals surface area contributed by atoms with Crippen molar-refractivity contribution in [3.05, 3.63) is 105 Å². The average molecular weight is 406 g/mol. The minimum atomic E-state index is -0.885. The number of hydrogen-bond acceptors (Lipinski definition) is 5. The van der Waals surface area contributed by atoms with Crippen molar-refractivity contribution in [2.75, 3.05) is 5.32 Å². The fourth-order valence-electron chi connectivity index (χ4n) is 3.00. The largest absolute Gasteiger partial charge is 0.502 e. The van der Waals surface area contributed by atoms with Gasteiger partial charge < -0.3 is 19.4 Å². The fraction of sp³-hybridized carbons (Fsp3) is 0.0476. The zero-order valence-corrected chi connectivity index (χ0v) is 15.4. The van der Waals surface area contributed by atoms with Gasteiger partial charge in [0.2, 0.25) is 5.43 Å². The standard InChI is InChI=1S/C21H15FN4O4/c22-15-5-3-13(4-6-15)11-26-9-8-25-12-16(18(27)19(28)17(25)21(26)30)24-20(29)14-2-1-7-23-10-14/h1-10,12,28H,11H2,(H,24,29). The van der Waals surface area contributed by atoms with Crippen LogP contribution in [-0.2, 0) is 6.54 Å². The minimum Gasteiger partial charge on any atom is -0.502 e. The molecule has 0 saturated heterocycles. The summed E-state index contributed by atoms with van der Waals surface area (Å²) in [7, 11) is 0.